The normalized spacial score (nSPS) is 19.3. The number of thiophene rings is 1. The summed E-state index contributed by atoms with van der Waals surface area (Å²) in [6.45, 7) is 3.01. The third-order valence-electron chi connectivity index (χ3n) is 4.18. The van der Waals surface area contributed by atoms with E-state index in [0.29, 0.717) is 27.2 Å². The van der Waals surface area contributed by atoms with Crippen LogP contribution in [0.5, 0.6) is 0 Å². The zero-order valence-electron chi connectivity index (χ0n) is 14.3. The van der Waals surface area contributed by atoms with Crippen LogP contribution in [0.4, 0.5) is 5.69 Å². The molecule has 8 heteroatoms. The SMILES string of the molecule is CC1CC(NC(=O)c2ccc(Cl)c(NC(=O)c3cccs3)c2)CCN1.Cl. The monoisotopic (exact) mass is 413 g/mol. The van der Waals surface area contributed by atoms with Crippen molar-refractivity contribution in [2.75, 3.05) is 11.9 Å². The molecule has 0 bridgehead atoms. The van der Waals surface area contributed by atoms with E-state index in [0.717, 1.165) is 19.4 Å². The molecule has 3 N–H and O–H groups in total. The summed E-state index contributed by atoms with van der Waals surface area (Å²) in [5.41, 5.74) is 0.920. The van der Waals surface area contributed by atoms with Crippen LogP contribution >= 0.6 is 35.3 Å². The van der Waals surface area contributed by atoms with Crippen molar-refractivity contribution < 1.29 is 9.59 Å². The molecule has 2 aromatic rings. The maximum absolute atomic E-state index is 12.5. The molecule has 2 heterocycles. The second kappa shape index (κ2) is 9.37. The average Bonchev–Trinajstić information content (AvgIpc) is 3.11. The minimum Gasteiger partial charge on any atom is -0.349 e. The first kappa shape index (κ1) is 20.7. The van der Waals surface area contributed by atoms with Crippen molar-refractivity contribution in [3.63, 3.8) is 0 Å². The van der Waals surface area contributed by atoms with Crippen molar-refractivity contribution in [1.29, 1.82) is 0 Å². The van der Waals surface area contributed by atoms with Gasteiger partial charge in [-0.1, -0.05) is 17.7 Å². The second-order valence-electron chi connectivity index (χ2n) is 6.18. The summed E-state index contributed by atoms with van der Waals surface area (Å²) < 4.78 is 0. The van der Waals surface area contributed by atoms with Crippen LogP contribution in [0.2, 0.25) is 5.02 Å². The minimum atomic E-state index is -0.235. The van der Waals surface area contributed by atoms with Gasteiger partial charge < -0.3 is 16.0 Å². The van der Waals surface area contributed by atoms with Crippen LogP contribution < -0.4 is 16.0 Å². The van der Waals surface area contributed by atoms with Gasteiger partial charge in [-0.15, -0.1) is 23.7 Å². The predicted molar refractivity (Wildman–Crippen MR) is 109 cm³/mol. The summed E-state index contributed by atoms with van der Waals surface area (Å²) in [5.74, 6) is -0.385. The molecule has 0 spiro atoms. The van der Waals surface area contributed by atoms with Crippen molar-refractivity contribution in [1.82, 2.24) is 10.6 Å². The molecule has 1 aliphatic rings. The molecule has 5 nitrogen and oxygen atoms in total. The summed E-state index contributed by atoms with van der Waals surface area (Å²) in [4.78, 5) is 25.3. The van der Waals surface area contributed by atoms with Crippen LogP contribution in [-0.4, -0.2) is 30.4 Å². The zero-order chi connectivity index (χ0) is 17.8. The fraction of sp³-hybridized carbons (Fsp3) is 0.333. The fourth-order valence-corrected chi connectivity index (χ4v) is 3.67. The summed E-state index contributed by atoms with van der Waals surface area (Å²) in [5, 5.41) is 11.4. The number of amides is 2. The number of carbonyl (C=O) groups excluding carboxylic acids is 2. The minimum absolute atomic E-state index is 0. The van der Waals surface area contributed by atoms with Crippen molar-refractivity contribution in [3.05, 3.63) is 51.2 Å². The van der Waals surface area contributed by atoms with E-state index in [1.165, 1.54) is 11.3 Å². The van der Waals surface area contributed by atoms with Crippen LogP contribution in [0, 0.1) is 0 Å². The first-order valence-electron chi connectivity index (χ1n) is 8.21. The van der Waals surface area contributed by atoms with E-state index in [2.05, 4.69) is 22.9 Å². The lowest BCUT2D eigenvalue weighted by atomic mass is 10.00. The highest BCUT2D eigenvalue weighted by molar-refractivity contribution is 7.12. The molecule has 0 aliphatic carbocycles. The zero-order valence-corrected chi connectivity index (χ0v) is 16.6. The Labute approximate surface area is 167 Å². The van der Waals surface area contributed by atoms with Gasteiger partial charge in [-0.25, -0.2) is 0 Å². The van der Waals surface area contributed by atoms with Crippen LogP contribution in [0.1, 0.15) is 39.8 Å². The summed E-state index contributed by atoms with van der Waals surface area (Å²) in [7, 11) is 0. The maximum atomic E-state index is 12.5. The fourth-order valence-electron chi connectivity index (χ4n) is 2.89. The Morgan fingerprint density at radius 1 is 1.27 bits per heavy atom. The molecule has 140 valence electrons. The van der Waals surface area contributed by atoms with E-state index in [1.54, 1.807) is 24.3 Å². The number of piperidine rings is 1. The number of rotatable bonds is 4. The number of hydrogen-bond acceptors (Lipinski definition) is 4. The first-order chi connectivity index (χ1) is 12.0. The number of benzene rings is 1. The average molecular weight is 414 g/mol. The molecule has 0 radical (unpaired) electrons. The third kappa shape index (κ3) is 5.20. The van der Waals surface area contributed by atoms with Crippen molar-refractivity contribution in [3.8, 4) is 0 Å². The van der Waals surface area contributed by atoms with Gasteiger partial charge in [-0.2, -0.15) is 0 Å². The maximum Gasteiger partial charge on any atom is 0.265 e. The Balaban J connectivity index is 0.00000243. The van der Waals surface area contributed by atoms with Gasteiger partial charge >= 0.3 is 0 Å². The van der Waals surface area contributed by atoms with Crippen molar-refractivity contribution in [2.45, 2.75) is 31.8 Å². The molecule has 1 aliphatic heterocycles. The Morgan fingerprint density at radius 3 is 2.77 bits per heavy atom. The number of hydrogen-bond donors (Lipinski definition) is 3. The molecule has 0 saturated carbocycles. The van der Waals surface area contributed by atoms with Crippen LogP contribution in [0.3, 0.4) is 0 Å². The van der Waals surface area contributed by atoms with E-state index in [4.69, 9.17) is 11.6 Å². The number of halogens is 2. The van der Waals surface area contributed by atoms with Gasteiger partial charge in [-0.05, 0) is 56.0 Å². The van der Waals surface area contributed by atoms with Gasteiger partial charge in [-0.3, -0.25) is 9.59 Å². The quantitative estimate of drug-likeness (QED) is 0.710. The smallest absolute Gasteiger partial charge is 0.265 e. The molecule has 1 saturated heterocycles. The molecule has 2 unspecified atom stereocenters. The van der Waals surface area contributed by atoms with Gasteiger partial charge in [0.05, 0.1) is 15.6 Å². The van der Waals surface area contributed by atoms with Gasteiger partial charge in [0.1, 0.15) is 0 Å². The highest BCUT2D eigenvalue weighted by Gasteiger charge is 2.21. The molecule has 26 heavy (non-hydrogen) atoms. The molecule has 1 aromatic heterocycles. The molecular weight excluding hydrogens is 393 g/mol. The lowest BCUT2D eigenvalue weighted by Gasteiger charge is -2.28. The lowest BCUT2D eigenvalue weighted by molar-refractivity contribution is 0.0924. The van der Waals surface area contributed by atoms with E-state index in [9.17, 15) is 9.59 Å². The molecule has 3 rings (SSSR count). The van der Waals surface area contributed by atoms with Crippen LogP contribution in [0.15, 0.2) is 35.7 Å². The molecular formula is C18H21Cl2N3O2S. The van der Waals surface area contributed by atoms with Crippen molar-refractivity contribution >= 4 is 52.8 Å². The number of nitrogens with one attached hydrogen (secondary N) is 3. The summed E-state index contributed by atoms with van der Waals surface area (Å²) in [6.07, 6.45) is 1.81. The topological polar surface area (TPSA) is 70.2 Å². The van der Waals surface area contributed by atoms with E-state index >= 15 is 0 Å². The Morgan fingerprint density at radius 2 is 2.08 bits per heavy atom. The van der Waals surface area contributed by atoms with Crippen LogP contribution in [0.25, 0.3) is 0 Å². The van der Waals surface area contributed by atoms with Crippen LogP contribution in [-0.2, 0) is 0 Å². The predicted octanol–water partition coefficient (Wildman–Crippen LogP) is 3.95. The Bertz CT molecular complexity index is 768. The molecule has 1 fully saturated rings. The number of anilines is 1. The van der Waals surface area contributed by atoms with E-state index < -0.39 is 0 Å². The molecule has 2 amide bonds. The largest absolute Gasteiger partial charge is 0.349 e. The highest BCUT2D eigenvalue weighted by Crippen LogP contribution is 2.24. The molecule has 2 atom stereocenters. The highest BCUT2D eigenvalue weighted by atomic mass is 35.5. The lowest BCUT2D eigenvalue weighted by Crippen LogP contribution is -2.46. The summed E-state index contributed by atoms with van der Waals surface area (Å²) >= 11 is 7.52. The van der Waals surface area contributed by atoms with E-state index in [1.807, 2.05) is 11.4 Å². The molecule has 1 aromatic carbocycles. The van der Waals surface area contributed by atoms with Gasteiger partial charge in [0.25, 0.3) is 11.8 Å². The van der Waals surface area contributed by atoms with Gasteiger partial charge in [0, 0.05) is 17.6 Å². The van der Waals surface area contributed by atoms with Gasteiger partial charge in [0.15, 0.2) is 0 Å². The summed E-state index contributed by atoms with van der Waals surface area (Å²) in [6, 6.07) is 9.02. The number of carbonyl (C=O) groups is 2. The Hall–Kier alpha value is -1.60. The van der Waals surface area contributed by atoms with Gasteiger partial charge in [0.2, 0.25) is 0 Å². The standard InChI is InChI=1S/C18H20ClN3O2S.ClH/c1-11-9-13(6-7-20-11)21-17(23)12-4-5-14(19)15(10-12)22-18(24)16-3-2-8-25-16;/h2-5,8,10-11,13,20H,6-7,9H2,1H3,(H,21,23)(H,22,24);1H. The van der Waals surface area contributed by atoms with Crippen molar-refractivity contribution in [2.24, 2.45) is 0 Å². The second-order valence-corrected chi connectivity index (χ2v) is 7.53. The van der Waals surface area contributed by atoms with E-state index in [-0.39, 0.29) is 30.3 Å². The third-order valence-corrected chi connectivity index (χ3v) is 5.38. The first-order valence-corrected chi connectivity index (χ1v) is 9.47. The Kier molecular flexibility index (Phi) is 7.46.